The lowest BCUT2D eigenvalue weighted by Gasteiger charge is -2.08. The molecule has 0 saturated carbocycles. The Hall–Kier alpha value is -0.490. The van der Waals surface area contributed by atoms with Crippen molar-refractivity contribution in [3.8, 4) is 0 Å². The zero-order valence-electron chi connectivity index (χ0n) is 11.6. The van der Waals surface area contributed by atoms with Crippen molar-refractivity contribution in [2.45, 2.75) is 26.2 Å². The number of ether oxygens (including phenoxy) is 2. The van der Waals surface area contributed by atoms with Crippen LogP contribution in [0.1, 0.15) is 30.5 Å². The molecule has 0 aliphatic heterocycles. The van der Waals surface area contributed by atoms with Crippen molar-refractivity contribution in [3.05, 3.63) is 16.1 Å². The monoisotopic (exact) mass is 272 g/mol. The molecule has 1 aromatic heterocycles. The molecule has 1 N–H and O–H groups in total. The number of nitrogens with zero attached hydrogens (tertiary/aromatic N) is 1. The Morgan fingerprint density at radius 2 is 2.22 bits per heavy atom. The van der Waals surface area contributed by atoms with Crippen LogP contribution < -0.4 is 5.32 Å². The van der Waals surface area contributed by atoms with Crippen LogP contribution in [0.2, 0.25) is 0 Å². The highest BCUT2D eigenvalue weighted by Gasteiger charge is 2.09. The number of thiazole rings is 1. The average Bonchev–Trinajstić information content (AvgIpc) is 2.84. The summed E-state index contributed by atoms with van der Waals surface area (Å²) in [5.41, 5.74) is 1.19. The number of likely N-dealkylation sites (N-methyl/N-ethyl adjacent to an activating group) is 1. The zero-order valence-corrected chi connectivity index (χ0v) is 12.4. The number of aromatic nitrogens is 1. The van der Waals surface area contributed by atoms with Gasteiger partial charge in [-0.05, 0) is 6.54 Å². The normalized spacial score (nSPS) is 12.8. The topological polar surface area (TPSA) is 43.4 Å². The second-order valence-electron chi connectivity index (χ2n) is 4.23. The van der Waals surface area contributed by atoms with E-state index in [1.807, 2.05) is 0 Å². The van der Waals surface area contributed by atoms with Gasteiger partial charge in [-0.25, -0.2) is 4.98 Å². The first-order valence-electron chi connectivity index (χ1n) is 6.49. The van der Waals surface area contributed by atoms with Crippen molar-refractivity contribution < 1.29 is 9.47 Å². The third-order valence-electron chi connectivity index (χ3n) is 2.67. The molecule has 0 amide bonds. The van der Waals surface area contributed by atoms with Gasteiger partial charge >= 0.3 is 0 Å². The van der Waals surface area contributed by atoms with Crippen LogP contribution in [0.5, 0.6) is 0 Å². The Kier molecular flexibility index (Phi) is 8.17. The molecule has 1 heterocycles. The fraction of sp³-hybridized carbons (Fsp3) is 0.769. The van der Waals surface area contributed by atoms with Crippen molar-refractivity contribution >= 4 is 11.3 Å². The maximum Gasteiger partial charge on any atom is 0.0951 e. The van der Waals surface area contributed by atoms with Crippen LogP contribution in [0.25, 0.3) is 0 Å². The Morgan fingerprint density at radius 1 is 1.39 bits per heavy atom. The molecule has 0 fully saturated rings. The Morgan fingerprint density at radius 3 is 2.94 bits per heavy atom. The van der Waals surface area contributed by atoms with Crippen LogP contribution in [0.4, 0.5) is 0 Å². The highest BCUT2D eigenvalue weighted by atomic mass is 32.1. The van der Waals surface area contributed by atoms with E-state index in [1.54, 1.807) is 18.4 Å². The van der Waals surface area contributed by atoms with Crippen LogP contribution in [-0.2, 0) is 15.9 Å². The van der Waals surface area contributed by atoms with Gasteiger partial charge in [-0.1, -0.05) is 13.8 Å². The molecule has 0 aliphatic rings. The largest absolute Gasteiger partial charge is 0.382 e. The average molecular weight is 272 g/mol. The highest BCUT2D eigenvalue weighted by molar-refractivity contribution is 7.09. The Balaban J connectivity index is 2.25. The van der Waals surface area contributed by atoms with Crippen LogP contribution in [0.3, 0.4) is 0 Å². The van der Waals surface area contributed by atoms with Crippen LogP contribution in [-0.4, -0.2) is 45.0 Å². The first kappa shape index (κ1) is 15.6. The Bertz CT molecular complexity index is 318. The molecule has 1 unspecified atom stereocenters. The van der Waals surface area contributed by atoms with E-state index in [0.717, 1.165) is 31.1 Å². The molecule has 1 rings (SSSR count). The van der Waals surface area contributed by atoms with E-state index in [1.165, 1.54) is 5.69 Å². The van der Waals surface area contributed by atoms with E-state index in [2.05, 4.69) is 29.5 Å². The molecular weight excluding hydrogens is 248 g/mol. The summed E-state index contributed by atoms with van der Waals surface area (Å²) in [7, 11) is 1.68. The van der Waals surface area contributed by atoms with E-state index < -0.39 is 0 Å². The van der Waals surface area contributed by atoms with Gasteiger partial charge in [0, 0.05) is 31.4 Å². The predicted molar refractivity (Wildman–Crippen MR) is 75.5 cm³/mol. The molecule has 104 valence electrons. The molecule has 1 atom stereocenters. The van der Waals surface area contributed by atoms with Crippen molar-refractivity contribution in [1.82, 2.24) is 10.3 Å². The summed E-state index contributed by atoms with van der Waals surface area (Å²) < 4.78 is 10.4. The van der Waals surface area contributed by atoms with Gasteiger partial charge in [0.25, 0.3) is 0 Å². The molecule has 4 nitrogen and oxygen atoms in total. The van der Waals surface area contributed by atoms with Gasteiger partial charge in [-0.3, -0.25) is 0 Å². The third-order valence-corrected chi connectivity index (χ3v) is 3.59. The second kappa shape index (κ2) is 9.44. The van der Waals surface area contributed by atoms with E-state index >= 15 is 0 Å². The minimum atomic E-state index is 0.476. The Labute approximate surface area is 114 Å². The minimum Gasteiger partial charge on any atom is -0.382 e. The molecule has 0 aliphatic carbocycles. The standard InChI is InChI=1S/C13H24N2O2S/c1-4-14-9-11(2)12-10-18-13(15-12)5-6-17-8-7-16-3/h10-11,14H,4-9H2,1-3H3. The highest BCUT2D eigenvalue weighted by Crippen LogP contribution is 2.18. The summed E-state index contributed by atoms with van der Waals surface area (Å²) in [6.45, 7) is 8.36. The van der Waals surface area contributed by atoms with Crippen LogP contribution in [0, 0.1) is 0 Å². The summed E-state index contributed by atoms with van der Waals surface area (Å²) in [4.78, 5) is 4.65. The molecular formula is C13H24N2O2S. The minimum absolute atomic E-state index is 0.476. The van der Waals surface area contributed by atoms with Gasteiger partial charge in [-0.2, -0.15) is 0 Å². The molecule has 0 radical (unpaired) electrons. The molecule has 0 saturated heterocycles. The quantitative estimate of drug-likeness (QED) is 0.662. The fourth-order valence-corrected chi connectivity index (χ4v) is 2.44. The van der Waals surface area contributed by atoms with Crippen LogP contribution in [0.15, 0.2) is 5.38 Å². The van der Waals surface area contributed by atoms with Gasteiger partial charge in [0.05, 0.1) is 30.5 Å². The van der Waals surface area contributed by atoms with E-state index in [4.69, 9.17) is 9.47 Å². The first-order valence-corrected chi connectivity index (χ1v) is 7.37. The van der Waals surface area contributed by atoms with Gasteiger partial charge < -0.3 is 14.8 Å². The van der Waals surface area contributed by atoms with Crippen molar-refractivity contribution in [3.63, 3.8) is 0 Å². The van der Waals surface area contributed by atoms with Crippen molar-refractivity contribution in [2.75, 3.05) is 40.0 Å². The molecule has 0 spiro atoms. The van der Waals surface area contributed by atoms with E-state index in [9.17, 15) is 0 Å². The maximum absolute atomic E-state index is 5.44. The van der Waals surface area contributed by atoms with E-state index in [0.29, 0.717) is 19.1 Å². The molecule has 0 aromatic carbocycles. The van der Waals surface area contributed by atoms with Gasteiger partial charge in [-0.15, -0.1) is 11.3 Å². The summed E-state index contributed by atoms with van der Waals surface area (Å²) in [6, 6.07) is 0. The summed E-state index contributed by atoms with van der Waals surface area (Å²) >= 11 is 1.72. The van der Waals surface area contributed by atoms with Crippen LogP contribution >= 0.6 is 11.3 Å². The van der Waals surface area contributed by atoms with E-state index in [-0.39, 0.29) is 0 Å². The lowest BCUT2D eigenvalue weighted by Crippen LogP contribution is -2.19. The maximum atomic E-state index is 5.44. The van der Waals surface area contributed by atoms with Crippen molar-refractivity contribution in [2.24, 2.45) is 0 Å². The van der Waals surface area contributed by atoms with Gasteiger partial charge in [0.15, 0.2) is 0 Å². The lowest BCUT2D eigenvalue weighted by atomic mass is 10.1. The third kappa shape index (κ3) is 5.91. The molecule has 1 aromatic rings. The smallest absolute Gasteiger partial charge is 0.0951 e. The summed E-state index contributed by atoms with van der Waals surface area (Å²) in [5, 5.41) is 6.67. The molecule has 0 bridgehead atoms. The number of nitrogens with one attached hydrogen (secondary N) is 1. The number of hydrogen-bond donors (Lipinski definition) is 1. The number of rotatable bonds is 10. The summed E-state index contributed by atoms with van der Waals surface area (Å²) in [5.74, 6) is 0.476. The second-order valence-corrected chi connectivity index (χ2v) is 5.17. The predicted octanol–water partition coefficient (Wildman–Crippen LogP) is 2.06. The zero-order chi connectivity index (χ0) is 13.2. The molecule has 18 heavy (non-hydrogen) atoms. The number of hydrogen-bond acceptors (Lipinski definition) is 5. The van der Waals surface area contributed by atoms with Crippen molar-refractivity contribution in [1.29, 1.82) is 0 Å². The van der Waals surface area contributed by atoms with Gasteiger partial charge in [0.1, 0.15) is 0 Å². The van der Waals surface area contributed by atoms with Gasteiger partial charge in [0.2, 0.25) is 0 Å². The SMILES string of the molecule is CCNCC(C)c1csc(CCOCCOC)n1. The number of methoxy groups -OCH3 is 1. The molecule has 5 heteroatoms. The fourth-order valence-electron chi connectivity index (χ4n) is 1.54. The first-order chi connectivity index (χ1) is 8.77. The lowest BCUT2D eigenvalue weighted by molar-refractivity contribution is 0.0722. The summed E-state index contributed by atoms with van der Waals surface area (Å²) in [6.07, 6.45) is 0.891.